The average Bonchev–Trinajstić information content (AvgIpc) is 2.23. The lowest BCUT2D eigenvalue weighted by Crippen LogP contribution is -2.43. The summed E-state index contributed by atoms with van der Waals surface area (Å²) >= 11 is 0. The van der Waals surface area contributed by atoms with Gasteiger partial charge in [0.15, 0.2) is 0 Å². The molecule has 0 aromatic heterocycles. The molecule has 0 aliphatic rings. The maximum atomic E-state index is 11.0. The second kappa shape index (κ2) is 5.87. The van der Waals surface area contributed by atoms with Crippen LogP contribution in [0.2, 0.25) is 0 Å². The smallest absolute Gasteiger partial charge is 0.322 e. The molecule has 0 aliphatic carbocycles. The van der Waals surface area contributed by atoms with Gasteiger partial charge in [-0.15, -0.1) is 0 Å². The van der Waals surface area contributed by atoms with Crippen LogP contribution in [0, 0.1) is 20.8 Å². The topological polar surface area (TPSA) is 52.6 Å². The zero-order valence-electron chi connectivity index (χ0n) is 11.7. The molecule has 1 atom stereocenters. The van der Waals surface area contributed by atoms with Gasteiger partial charge in [-0.25, -0.2) is 0 Å². The fourth-order valence-corrected chi connectivity index (χ4v) is 2.43. The van der Waals surface area contributed by atoms with Crippen molar-refractivity contribution in [1.82, 2.24) is 5.32 Å². The number of nitrogens with zero attached hydrogens (tertiary/aromatic N) is 1. The average molecular weight is 250 g/mol. The van der Waals surface area contributed by atoms with E-state index in [2.05, 4.69) is 38.2 Å². The number of benzene rings is 1. The van der Waals surface area contributed by atoms with E-state index in [1.165, 1.54) is 16.7 Å². The summed E-state index contributed by atoms with van der Waals surface area (Å²) in [5.74, 6) is -0.827. The van der Waals surface area contributed by atoms with Crippen molar-refractivity contribution >= 4 is 11.7 Å². The van der Waals surface area contributed by atoms with E-state index in [0.717, 1.165) is 5.69 Å². The molecule has 1 aromatic carbocycles. The third-order valence-electron chi connectivity index (χ3n) is 3.12. The Morgan fingerprint density at radius 1 is 1.33 bits per heavy atom. The summed E-state index contributed by atoms with van der Waals surface area (Å²) in [6.07, 6.45) is 0. The number of hydrogen-bond acceptors (Lipinski definition) is 3. The Morgan fingerprint density at radius 2 is 1.83 bits per heavy atom. The Hall–Kier alpha value is -1.55. The number of nitrogens with one attached hydrogen (secondary N) is 1. The van der Waals surface area contributed by atoms with Gasteiger partial charge >= 0.3 is 5.97 Å². The number of rotatable bonds is 5. The zero-order valence-corrected chi connectivity index (χ0v) is 11.7. The molecule has 1 unspecified atom stereocenters. The number of likely N-dealkylation sites (N-methyl/N-ethyl adjacent to an activating group) is 2. The number of hydrogen-bond donors (Lipinski definition) is 2. The first-order valence-electron chi connectivity index (χ1n) is 6.06. The molecule has 100 valence electrons. The number of carboxylic acids is 1. The lowest BCUT2D eigenvalue weighted by atomic mass is 10.0. The third-order valence-corrected chi connectivity index (χ3v) is 3.12. The Bertz CT molecular complexity index is 420. The van der Waals surface area contributed by atoms with Crippen LogP contribution in [0.3, 0.4) is 0 Å². The molecular formula is C14H22N2O2. The van der Waals surface area contributed by atoms with Crippen LogP contribution in [-0.2, 0) is 4.79 Å². The van der Waals surface area contributed by atoms with E-state index >= 15 is 0 Å². The van der Waals surface area contributed by atoms with E-state index in [9.17, 15) is 4.79 Å². The van der Waals surface area contributed by atoms with E-state index in [-0.39, 0.29) is 0 Å². The summed E-state index contributed by atoms with van der Waals surface area (Å²) in [7, 11) is 3.60. The highest BCUT2D eigenvalue weighted by atomic mass is 16.4. The fourth-order valence-electron chi connectivity index (χ4n) is 2.43. The molecule has 4 heteroatoms. The number of aryl methyl sites for hydroxylation is 3. The highest BCUT2D eigenvalue weighted by Crippen LogP contribution is 2.25. The summed E-state index contributed by atoms with van der Waals surface area (Å²) in [6, 6.07) is 3.68. The zero-order chi connectivity index (χ0) is 13.9. The van der Waals surface area contributed by atoms with Gasteiger partial charge < -0.3 is 15.3 Å². The van der Waals surface area contributed by atoms with Crippen LogP contribution >= 0.6 is 0 Å². The van der Waals surface area contributed by atoms with Crippen LogP contribution < -0.4 is 10.2 Å². The SMILES string of the molecule is CNC(CN(C)c1c(C)cc(C)cc1C)C(=O)O. The minimum atomic E-state index is -0.827. The van der Waals surface area contributed by atoms with Crippen molar-refractivity contribution in [2.24, 2.45) is 0 Å². The highest BCUT2D eigenvalue weighted by molar-refractivity contribution is 5.74. The Labute approximate surface area is 109 Å². The summed E-state index contributed by atoms with van der Waals surface area (Å²) in [5.41, 5.74) is 4.69. The molecule has 0 bridgehead atoms. The molecule has 0 fully saturated rings. The Balaban J connectivity index is 2.97. The van der Waals surface area contributed by atoms with Crippen LogP contribution in [0.25, 0.3) is 0 Å². The van der Waals surface area contributed by atoms with Crippen molar-refractivity contribution in [2.75, 3.05) is 25.5 Å². The molecule has 0 amide bonds. The second-order valence-electron chi connectivity index (χ2n) is 4.81. The standard InChI is InChI=1S/C14H22N2O2/c1-9-6-10(2)13(11(3)7-9)16(5)8-12(15-4)14(17)18/h6-7,12,15H,8H2,1-5H3,(H,17,18). The van der Waals surface area contributed by atoms with Gasteiger partial charge in [0.2, 0.25) is 0 Å². The summed E-state index contributed by atoms with van der Waals surface area (Å²) in [4.78, 5) is 13.0. The van der Waals surface area contributed by atoms with E-state index in [0.29, 0.717) is 6.54 Å². The predicted octanol–water partition coefficient (Wildman–Crippen LogP) is 1.72. The first kappa shape index (κ1) is 14.5. The minimum Gasteiger partial charge on any atom is -0.480 e. The van der Waals surface area contributed by atoms with Gasteiger partial charge in [-0.3, -0.25) is 4.79 Å². The van der Waals surface area contributed by atoms with Gasteiger partial charge in [0.25, 0.3) is 0 Å². The summed E-state index contributed by atoms with van der Waals surface area (Å²) in [6.45, 7) is 6.62. The molecule has 0 heterocycles. The molecule has 0 saturated heterocycles. The minimum absolute atomic E-state index is 0.441. The van der Waals surface area contributed by atoms with Crippen LogP contribution in [0.4, 0.5) is 5.69 Å². The van der Waals surface area contributed by atoms with Crippen LogP contribution in [0.15, 0.2) is 12.1 Å². The Morgan fingerprint density at radius 3 is 2.22 bits per heavy atom. The van der Waals surface area contributed by atoms with E-state index in [4.69, 9.17) is 5.11 Å². The fraction of sp³-hybridized carbons (Fsp3) is 0.500. The van der Waals surface area contributed by atoms with Crippen LogP contribution in [-0.4, -0.2) is 37.8 Å². The van der Waals surface area contributed by atoms with E-state index < -0.39 is 12.0 Å². The van der Waals surface area contributed by atoms with E-state index in [1.54, 1.807) is 7.05 Å². The molecular weight excluding hydrogens is 228 g/mol. The van der Waals surface area contributed by atoms with Crippen molar-refractivity contribution in [3.8, 4) is 0 Å². The van der Waals surface area contributed by atoms with Crippen LogP contribution in [0.5, 0.6) is 0 Å². The molecule has 0 radical (unpaired) electrons. The van der Waals surface area contributed by atoms with Crippen molar-refractivity contribution in [3.63, 3.8) is 0 Å². The number of aliphatic carboxylic acids is 1. The Kier molecular flexibility index (Phi) is 4.73. The quantitative estimate of drug-likeness (QED) is 0.835. The molecule has 1 aromatic rings. The molecule has 0 spiro atoms. The van der Waals surface area contributed by atoms with Crippen LogP contribution in [0.1, 0.15) is 16.7 Å². The molecule has 18 heavy (non-hydrogen) atoms. The van der Waals surface area contributed by atoms with Gasteiger partial charge in [0.1, 0.15) is 6.04 Å². The molecule has 2 N–H and O–H groups in total. The highest BCUT2D eigenvalue weighted by Gasteiger charge is 2.19. The number of carbonyl (C=O) groups is 1. The van der Waals surface area contributed by atoms with Gasteiger partial charge in [-0.2, -0.15) is 0 Å². The maximum Gasteiger partial charge on any atom is 0.322 e. The van der Waals surface area contributed by atoms with Crippen molar-refractivity contribution in [1.29, 1.82) is 0 Å². The lowest BCUT2D eigenvalue weighted by Gasteiger charge is -2.26. The van der Waals surface area contributed by atoms with Crippen molar-refractivity contribution in [3.05, 3.63) is 28.8 Å². The second-order valence-corrected chi connectivity index (χ2v) is 4.81. The summed E-state index contributed by atoms with van der Waals surface area (Å²) in [5, 5.41) is 11.9. The number of anilines is 1. The number of carboxylic acid groups (broad SMARTS) is 1. The first-order chi connectivity index (χ1) is 8.36. The molecule has 1 rings (SSSR count). The van der Waals surface area contributed by atoms with Gasteiger partial charge in [0, 0.05) is 19.3 Å². The van der Waals surface area contributed by atoms with Crippen molar-refractivity contribution in [2.45, 2.75) is 26.8 Å². The van der Waals surface area contributed by atoms with Crippen molar-refractivity contribution < 1.29 is 9.90 Å². The van der Waals surface area contributed by atoms with Gasteiger partial charge in [-0.05, 0) is 38.9 Å². The third kappa shape index (κ3) is 3.23. The maximum absolute atomic E-state index is 11.0. The first-order valence-corrected chi connectivity index (χ1v) is 6.06. The molecule has 0 saturated carbocycles. The normalized spacial score (nSPS) is 12.3. The van der Waals surface area contributed by atoms with Gasteiger partial charge in [-0.1, -0.05) is 17.7 Å². The predicted molar refractivity (Wildman–Crippen MR) is 74.4 cm³/mol. The monoisotopic (exact) mass is 250 g/mol. The summed E-state index contributed by atoms with van der Waals surface area (Å²) < 4.78 is 0. The lowest BCUT2D eigenvalue weighted by molar-refractivity contribution is -0.139. The molecule has 4 nitrogen and oxygen atoms in total. The van der Waals surface area contributed by atoms with Gasteiger partial charge in [0.05, 0.1) is 0 Å². The largest absolute Gasteiger partial charge is 0.480 e. The van der Waals surface area contributed by atoms with E-state index in [1.807, 2.05) is 11.9 Å². The molecule has 0 aliphatic heterocycles.